The Morgan fingerprint density at radius 2 is 1.94 bits per heavy atom. The number of nitrogens with one attached hydrogen (secondary N) is 1. The molecule has 94 valence electrons. The summed E-state index contributed by atoms with van der Waals surface area (Å²) in [6.07, 6.45) is 2.69. The number of aryl methyl sites for hydroxylation is 1. The Kier molecular flexibility index (Phi) is 4.59. The number of hydrogen-bond donors (Lipinski definition) is 1. The van der Waals surface area contributed by atoms with Crippen molar-refractivity contribution in [2.24, 2.45) is 0 Å². The smallest absolute Gasteiger partial charge is 0.130 e. The molecule has 0 radical (unpaired) electrons. The van der Waals surface area contributed by atoms with Gasteiger partial charge in [-0.2, -0.15) is 0 Å². The van der Waals surface area contributed by atoms with Crippen LogP contribution in [0.4, 0.5) is 5.82 Å². The molecular formula is C14H17N3S. The molecule has 1 N–H and O–H groups in total. The fourth-order valence-corrected chi connectivity index (χ4v) is 2.26. The summed E-state index contributed by atoms with van der Waals surface area (Å²) in [6, 6.07) is 10.4. The zero-order valence-electron chi connectivity index (χ0n) is 10.7. The highest BCUT2D eigenvalue weighted by molar-refractivity contribution is 7.99. The Balaban J connectivity index is 2.06. The molecule has 0 aliphatic carbocycles. The van der Waals surface area contributed by atoms with E-state index in [0.717, 1.165) is 23.8 Å². The van der Waals surface area contributed by atoms with E-state index >= 15 is 0 Å². The van der Waals surface area contributed by atoms with Crippen LogP contribution in [-0.2, 0) is 0 Å². The van der Waals surface area contributed by atoms with E-state index in [0.29, 0.717) is 0 Å². The monoisotopic (exact) mass is 259 g/mol. The van der Waals surface area contributed by atoms with Gasteiger partial charge in [-0.05, 0) is 25.5 Å². The third-order valence-corrected chi connectivity index (χ3v) is 3.38. The van der Waals surface area contributed by atoms with E-state index in [-0.39, 0.29) is 0 Å². The van der Waals surface area contributed by atoms with Gasteiger partial charge >= 0.3 is 0 Å². The van der Waals surface area contributed by atoms with Gasteiger partial charge in [-0.25, -0.2) is 9.97 Å². The van der Waals surface area contributed by atoms with Gasteiger partial charge in [0, 0.05) is 17.5 Å². The summed E-state index contributed by atoms with van der Waals surface area (Å²) in [4.78, 5) is 9.67. The SMILES string of the molecule is CCCNc1cc(Sc2ccc(C)cc2)ncn1. The van der Waals surface area contributed by atoms with E-state index < -0.39 is 0 Å². The van der Waals surface area contributed by atoms with Crippen molar-refractivity contribution in [1.82, 2.24) is 9.97 Å². The van der Waals surface area contributed by atoms with Gasteiger partial charge in [0.25, 0.3) is 0 Å². The lowest BCUT2D eigenvalue weighted by Crippen LogP contribution is -2.02. The van der Waals surface area contributed by atoms with Crippen molar-refractivity contribution in [2.45, 2.75) is 30.2 Å². The molecule has 0 aliphatic heterocycles. The Morgan fingerprint density at radius 3 is 2.67 bits per heavy atom. The van der Waals surface area contributed by atoms with Gasteiger partial charge in [-0.15, -0.1) is 0 Å². The highest BCUT2D eigenvalue weighted by Gasteiger charge is 2.01. The molecule has 18 heavy (non-hydrogen) atoms. The van der Waals surface area contributed by atoms with Gasteiger partial charge < -0.3 is 5.32 Å². The Hall–Kier alpha value is -1.55. The van der Waals surface area contributed by atoms with Crippen LogP contribution in [0.2, 0.25) is 0 Å². The molecule has 4 heteroatoms. The lowest BCUT2D eigenvalue weighted by atomic mass is 10.2. The summed E-state index contributed by atoms with van der Waals surface area (Å²) >= 11 is 1.65. The summed E-state index contributed by atoms with van der Waals surface area (Å²) in [5.41, 5.74) is 1.27. The van der Waals surface area contributed by atoms with Crippen LogP contribution in [0.5, 0.6) is 0 Å². The van der Waals surface area contributed by atoms with Crippen LogP contribution in [0.15, 0.2) is 46.6 Å². The minimum Gasteiger partial charge on any atom is -0.370 e. The normalized spacial score (nSPS) is 10.3. The summed E-state index contributed by atoms with van der Waals surface area (Å²) in [5.74, 6) is 0.890. The molecule has 1 aromatic carbocycles. The molecule has 1 aromatic heterocycles. The van der Waals surface area contributed by atoms with Crippen molar-refractivity contribution in [2.75, 3.05) is 11.9 Å². The molecule has 0 amide bonds. The predicted molar refractivity (Wildman–Crippen MR) is 76.1 cm³/mol. The molecule has 0 atom stereocenters. The fourth-order valence-electron chi connectivity index (χ4n) is 1.47. The number of rotatable bonds is 5. The minimum atomic E-state index is 0.890. The van der Waals surface area contributed by atoms with E-state index in [1.165, 1.54) is 10.5 Å². The third kappa shape index (κ3) is 3.74. The molecule has 2 aromatic rings. The van der Waals surface area contributed by atoms with Crippen LogP contribution >= 0.6 is 11.8 Å². The second-order valence-electron chi connectivity index (χ2n) is 4.08. The van der Waals surface area contributed by atoms with Gasteiger partial charge in [-0.3, -0.25) is 0 Å². The Labute approximate surface area is 112 Å². The number of hydrogen-bond acceptors (Lipinski definition) is 4. The zero-order chi connectivity index (χ0) is 12.8. The average molecular weight is 259 g/mol. The van der Waals surface area contributed by atoms with E-state index in [2.05, 4.69) is 53.4 Å². The second-order valence-corrected chi connectivity index (χ2v) is 5.18. The maximum absolute atomic E-state index is 4.28. The molecule has 0 aliphatic rings. The van der Waals surface area contributed by atoms with E-state index in [1.807, 2.05) is 6.07 Å². The second kappa shape index (κ2) is 6.40. The first-order valence-corrected chi connectivity index (χ1v) is 6.90. The standard InChI is InChI=1S/C14H17N3S/c1-3-8-15-13-9-14(17-10-16-13)18-12-6-4-11(2)5-7-12/h4-7,9-10H,3,8H2,1-2H3,(H,15,16,17). The van der Waals surface area contributed by atoms with E-state index in [9.17, 15) is 0 Å². The first-order valence-electron chi connectivity index (χ1n) is 6.08. The number of nitrogens with zero attached hydrogens (tertiary/aromatic N) is 2. The largest absolute Gasteiger partial charge is 0.370 e. The first kappa shape index (κ1) is 12.9. The molecule has 0 fully saturated rings. The highest BCUT2D eigenvalue weighted by atomic mass is 32.2. The van der Waals surface area contributed by atoms with Crippen molar-refractivity contribution in [3.8, 4) is 0 Å². The molecule has 0 bridgehead atoms. The van der Waals surface area contributed by atoms with Crippen LogP contribution in [0.1, 0.15) is 18.9 Å². The summed E-state index contributed by atoms with van der Waals surface area (Å²) in [5, 5.41) is 4.23. The van der Waals surface area contributed by atoms with Crippen molar-refractivity contribution in [3.05, 3.63) is 42.2 Å². The first-order chi connectivity index (χ1) is 8.78. The highest BCUT2D eigenvalue weighted by Crippen LogP contribution is 2.26. The molecule has 0 spiro atoms. The molecule has 1 heterocycles. The van der Waals surface area contributed by atoms with Crippen LogP contribution in [0, 0.1) is 6.92 Å². The number of benzene rings is 1. The molecule has 3 nitrogen and oxygen atoms in total. The molecule has 0 unspecified atom stereocenters. The van der Waals surface area contributed by atoms with E-state index in [4.69, 9.17) is 0 Å². The predicted octanol–water partition coefficient (Wildman–Crippen LogP) is 3.76. The minimum absolute atomic E-state index is 0.890. The topological polar surface area (TPSA) is 37.8 Å². The number of aromatic nitrogens is 2. The van der Waals surface area contributed by atoms with Crippen molar-refractivity contribution in [3.63, 3.8) is 0 Å². The van der Waals surface area contributed by atoms with Gasteiger partial charge in [0.1, 0.15) is 17.2 Å². The Morgan fingerprint density at radius 1 is 1.17 bits per heavy atom. The molecule has 2 rings (SSSR count). The maximum Gasteiger partial charge on any atom is 0.130 e. The average Bonchev–Trinajstić information content (AvgIpc) is 2.40. The quantitative estimate of drug-likeness (QED) is 0.830. The van der Waals surface area contributed by atoms with Gasteiger partial charge in [0.2, 0.25) is 0 Å². The van der Waals surface area contributed by atoms with Crippen LogP contribution in [-0.4, -0.2) is 16.5 Å². The summed E-state index contributed by atoms with van der Waals surface area (Å²) < 4.78 is 0. The molecule has 0 saturated carbocycles. The van der Waals surface area contributed by atoms with Crippen molar-refractivity contribution in [1.29, 1.82) is 0 Å². The molecule has 0 saturated heterocycles. The van der Waals surface area contributed by atoms with Crippen molar-refractivity contribution < 1.29 is 0 Å². The van der Waals surface area contributed by atoms with Gasteiger partial charge in [-0.1, -0.05) is 36.4 Å². The fraction of sp³-hybridized carbons (Fsp3) is 0.286. The number of anilines is 1. The van der Waals surface area contributed by atoms with Crippen LogP contribution in [0.25, 0.3) is 0 Å². The van der Waals surface area contributed by atoms with Gasteiger partial charge in [0.15, 0.2) is 0 Å². The van der Waals surface area contributed by atoms with Crippen LogP contribution < -0.4 is 5.32 Å². The van der Waals surface area contributed by atoms with E-state index in [1.54, 1.807) is 18.1 Å². The summed E-state index contributed by atoms with van der Waals surface area (Å²) in [7, 11) is 0. The lowest BCUT2D eigenvalue weighted by molar-refractivity contribution is 0.953. The van der Waals surface area contributed by atoms with Crippen LogP contribution in [0.3, 0.4) is 0 Å². The lowest BCUT2D eigenvalue weighted by Gasteiger charge is -2.05. The third-order valence-electron chi connectivity index (χ3n) is 2.44. The Bertz CT molecular complexity index is 497. The maximum atomic E-state index is 4.28. The zero-order valence-corrected chi connectivity index (χ0v) is 11.5. The van der Waals surface area contributed by atoms with Crippen molar-refractivity contribution >= 4 is 17.6 Å². The molecular weight excluding hydrogens is 242 g/mol. The van der Waals surface area contributed by atoms with Gasteiger partial charge in [0.05, 0.1) is 0 Å². The summed E-state index contributed by atoms with van der Waals surface area (Å²) in [6.45, 7) is 5.16.